The van der Waals surface area contributed by atoms with Crippen molar-refractivity contribution in [3.63, 3.8) is 0 Å². The Morgan fingerprint density at radius 2 is 1.95 bits per heavy atom. The van der Waals surface area contributed by atoms with Crippen molar-refractivity contribution in [2.45, 2.75) is 25.9 Å². The Morgan fingerprint density at radius 3 is 2.71 bits per heavy atom. The van der Waals surface area contributed by atoms with Crippen LogP contribution in [-0.2, 0) is 10.3 Å². The Hall–Kier alpha value is -2.29. The number of hydrogen-bond acceptors (Lipinski definition) is 3. The predicted molar refractivity (Wildman–Crippen MR) is 84.4 cm³/mol. The van der Waals surface area contributed by atoms with Crippen molar-refractivity contribution in [3.8, 4) is 5.75 Å². The first-order valence-corrected chi connectivity index (χ1v) is 7.18. The van der Waals surface area contributed by atoms with Crippen molar-refractivity contribution < 1.29 is 9.47 Å². The molecule has 0 aromatic heterocycles. The maximum absolute atomic E-state index is 6.23. The molecule has 0 radical (unpaired) electrons. The van der Waals surface area contributed by atoms with Gasteiger partial charge < -0.3 is 9.47 Å². The first kappa shape index (κ1) is 13.7. The van der Waals surface area contributed by atoms with E-state index in [1.165, 1.54) is 0 Å². The first-order chi connectivity index (χ1) is 10.2. The van der Waals surface area contributed by atoms with Crippen molar-refractivity contribution >= 4 is 11.6 Å². The Labute approximate surface area is 125 Å². The molecule has 0 N–H and O–H groups in total. The summed E-state index contributed by atoms with van der Waals surface area (Å²) in [5.74, 6) is 1.45. The first-order valence-electron chi connectivity index (χ1n) is 7.18. The van der Waals surface area contributed by atoms with Gasteiger partial charge in [-0.3, -0.25) is 0 Å². The molecular weight excluding hydrogens is 262 g/mol. The molecule has 108 valence electrons. The fourth-order valence-electron chi connectivity index (χ4n) is 2.56. The highest BCUT2D eigenvalue weighted by Crippen LogP contribution is 2.40. The minimum Gasteiger partial charge on any atom is -0.497 e. The number of ether oxygens (including phenoxy) is 2. The second-order valence-electron chi connectivity index (χ2n) is 5.35. The van der Waals surface area contributed by atoms with Crippen LogP contribution in [-0.4, -0.2) is 13.0 Å². The second kappa shape index (κ2) is 5.24. The fourth-order valence-corrected chi connectivity index (χ4v) is 2.56. The Kier molecular flexibility index (Phi) is 3.42. The van der Waals surface area contributed by atoms with Crippen LogP contribution in [0.4, 0.5) is 5.69 Å². The van der Waals surface area contributed by atoms with Gasteiger partial charge in [0.25, 0.3) is 0 Å². The number of hydrogen-bond donors (Lipinski definition) is 0. The Balaban J connectivity index is 2.11. The van der Waals surface area contributed by atoms with Crippen LogP contribution < -0.4 is 4.74 Å². The molecule has 0 amide bonds. The molecule has 1 unspecified atom stereocenters. The number of rotatable bonds is 3. The molecule has 0 fully saturated rings. The van der Waals surface area contributed by atoms with Gasteiger partial charge in [-0.1, -0.05) is 31.2 Å². The van der Waals surface area contributed by atoms with Crippen molar-refractivity contribution in [1.82, 2.24) is 0 Å². The average molecular weight is 281 g/mol. The third-order valence-electron chi connectivity index (χ3n) is 4.01. The summed E-state index contributed by atoms with van der Waals surface area (Å²) in [7, 11) is 1.66. The number of nitrogens with zero attached hydrogens (tertiary/aromatic N) is 1. The number of fused-ring (bicyclic) bond motifs is 1. The summed E-state index contributed by atoms with van der Waals surface area (Å²) in [5.41, 5.74) is 2.70. The number of aliphatic imine (C=N–C) groups is 1. The van der Waals surface area contributed by atoms with E-state index in [2.05, 4.69) is 24.9 Å². The number of methoxy groups -OCH3 is 1. The maximum Gasteiger partial charge on any atom is 0.222 e. The van der Waals surface area contributed by atoms with Gasteiger partial charge in [-0.2, -0.15) is 0 Å². The lowest BCUT2D eigenvalue weighted by atomic mass is 9.90. The van der Waals surface area contributed by atoms with Crippen LogP contribution in [0.3, 0.4) is 0 Å². The number of para-hydroxylation sites is 1. The van der Waals surface area contributed by atoms with Crippen LogP contribution in [0.2, 0.25) is 0 Å². The summed E-state index contributed by atoms with van der Waals surface area (Å²) in [6, 6.07) is 16.0. The van der Waals surface area contributed by atoms with Crippen molar-refractivity contribution in [2.75, 3.05) is 7.11 Å². The number of benzene rings is 2. The van der Waals surface area contributed by atoms with E-state index in [0.717, 1.165) is 29.0 Å². The standard InChI is InChI=1S/C18H19NO2/c1-4-18(2)15-10-5-6-11-16(15)19-17(21-18)13-8-7-9-14(12-13)20-3/h5-12H,4H2,1-3H3. The molecule has 2 aromatic rings. The summed E-state index contributed by atoms with van der Waals surface area (Å²) < 4.78 is 11.5. The molecule has 0 saturated carbocycles. The van der Waals surface area contributed by atoms with Crippen LogP contribution in [0, 0.1) is 0 Å². The zero-order chi connectivity index (χ0) is 14.9. The summed E-state index contributed by atoms with van der Waals surface area (Å²) in [5, 5.41) is 0. The monoisotopic (exact) mass is 281 g/mol. The molecule has 0 saturated heterocycles. The molecule has 3 rings (SSSR count). The van der Waals surface area contributed by atoms with E-state index < -0.39 is 0 Å². The minimum absolute atomic E-state index is 0.350. The second-order valence-corrected chi connectivity index (χ2v) is 5.35. The quantitative estimate of drug-likeness (QED) is 0.833. The molecule has 0 spiro atoms. The van der Waals surface area contributed by atoms with Gasteiger partial charge in [0.1, 0.15) is 11.4 Å². The molecule has 1 aliphatic heterocycles. The summed E-state index contributed by atoms with van der Waals surface area (Å²) in [4.78, 5) is 4.67. The fraction of sp³-hybridized carbons (Fsp3) is 0.278. The zero-order valence-electron chi connectivity index (χ0n) is 12.6. The minimum atomic E-state index is -0.350. The normalized spacial score (nSPS) is 20.2. The molecule has 2 aromatic carbocycles. The lowest BCUT2D eigenvalue weighted by molar-refractivity contribution is 0.0659. The van der Waals surface area contributed by atoms with Crippen LogP contribution in [0.1, 0.15) is 31.4 Å². The third-order valence-corrected chi connectivity index (χ3v) is 4.01. The maximum atomic E-state index is 6.23. The summed E-state index contributed by atoms with van der Waals surface area (Å²) >= 11 is 0. The van der Waals surface area contributed by atoms with E-state index in [1.54, 1.807) is 7.11 Å². The molecule has 1 heterocycles. The molecule has 21 heavy (non-hydrogen) atoms. The van der Waals surface area contributed by atoms with E-state index >= 15 is 0 Å². The third kappa shape index (κ3) is 2.40. The Bertz CT molecular complexity index is 693. The van der Waals surface area contributed by atoms with Crippen LogP contribution >= 0.6 is 0 Å². The van der Waals surface area contributed by atoms with Gasteiger partial charge >= 0.3 is 0 Å². The highest BCUT2D eigenvalue weighted by Gasteiger charge is 2.34. The average Bonchev–Trinajstić information content (AvgIpc) is 2.55. The van der Waals surface area contributed by atoms with Gasteiger partial charge in [-0.05, 0) is 37.6 Å². The van der Waals surface area contributed by atoms with E-state index in [9.17, 15) is 0 Å². The van der Waals surface area contributed by atoms with Crippen LogP contribution in [0.25, 0.3) is 0 Å². The molecule has 0 aliphatic carbocycles. The van der Waals surface area contributed by atoms with E-state index in [0.29, 0.717) is 5.90 Å². The van der Waals surface area contributed by atoms with Crippen LogP contribution in [0.15, 0.2) is 53.5 Å². The van der Waals surface area contributed by atoms with Gasteiger partial charge in [0.2, 0.25) is 5.90 Å². The van der Waals surface area contributed by atoms with Crippen molar-refractivity contribution in [2.24, 2.45) is 4.99 Å². The summed E-state index contributed by atoms with van der Waals surface area (Å²) in [6.07, 6.45) is 0.882. The van der Waals surface area contributed by atoms with E-state index in [1.807, 2.05) is 42.5 Å². The lowest BCUT2D eigenvalue weighted by Gasteiger charge is -2.35. The van der Waals surface area contributed by atoms with Gasteiger partial charge in [0, 0.05) is 11.1 Å². The van der Waals surface area contributed by atoms with Crippen LogP contribution in [0.5, 0.6) is 5.75 Å². The lowest BCUT2D eigenvalue weighted by Crippen LogP contribution is -2.31. The highest BCUT2D eigenvalue weighted by atomic mass is 16.5. The summed E-state index contributed by atoms with van der Waals surface area (Å²) in [6.45, 7) is 4.24. The predicted octanol–water partition coefficient (Wildman–Crippen LogP) is 4.43. The molecule has 1 atom stereocenters. The van der Waals surface area contributed by atoms with E-state index in [4.69, 9.17) is 9.47 Å². The SMILES string of the molecule is CCC1(C)OC(c2cccc(OC)c2)=Nc2ccccc21. The van der Waals surface area contributed by atoms with Crippen molar-refractivity contribution in [3.05, 3.63) is 59.7 Å². The van der Waals surface area contributed by atoms with Gasteiger partial charge in [-0.15, -0.1) is 0 Å². The topological polar surface area (TPSA) is 30.8 Å². The highest BCUT2D eigenvalue weighted by molar-refractivity contribution is 5.97. The Morgan fingerprint density at radius 1 is 1.14 bits per heavy atom. The van der Waals surface area contributed by atoms with Gasteiger partial charge in [0.05, 0.1) is 12.8 Å². The smallest absolute Gasteiger partial charge is 0.222 e. The molecule has 3 nitrogen and oxygen atoms in total. The molecule has 0 bridgehead atoms. The van der Waals surface area contributed by atoms with Gasteiger partial charge in [0.15, 0.2) is 0 Å². The largest absolute Gasteiger partial charge is 0.497 e. The zero-order valence-corrected chi connectivity index (χ0v) is 12.6. The van der Waals surface area contributed by atoms with E-state index in [-0.39, 0.29) is 5.60 Å². The molecule has 3 heteroatoms. The molecule has 1 aliphatic rings. The van der Waals surface area contributed by atoms with Crippen molar-refractivity contribution in [1.29, 1.82) is 0 Å². The molecular formula is C18H19NO2. The van der Waals surface area contributed by atoms with Gasteiger partial charge in [-0.25, -0.2) is 4.99 Å².